The first-order chi connectivity index (χ1) is 9.49. The summed E-state index contributed by atoms with van der Waals surface area (Å²) in [5.41, 5.74) is 0. The van der Waals surface area contributed by atoms with E-state index in [2.05, 4.69) is 6.92 Å². The van der Waals surface area contributed by atoms with Gasteiger partial charge in [-0.15, -0.1) is 11.3 Å². The Kier molecular flexibility index (Phi) is 3.62. The van der Waals surface area contributed by atoms with Gasteiger partial charge in [0.1, 0.15) is 9.96 Å². The minimum Gasteiger partial charge on any atom is -0.336 e. The number of amides is 1. The first-order valence-corrected chi connectivity index (χ1v) is 9.59. The van der Waals surface area contributed by atoms with Crippen LogP contribution < -0.4 is 0 Å². The lowest BCUT2D eigenvalue weighted by Crippen LogP contribution is -2.44. The maximum atomic E-state index is 12.5. The molecule has 0 saturated heterocycles. The lowest BCUT2D eigenvalue weighted by atomic mass is 10.2. The van der Waals surface area contributed by atoms with E-state index in [1.54, 1.807) is 17.5 Å². The molecule has 20 heavy (non-hydrogen) atoms. The van der Waals surface area contributed by atoms with Crippen LogP contribution in [0.1, 0.15) is 32.6 Å². The van der Waals surface area contributed by atoms with E-state index in [1.807, 2.05) is 4.90 Å². The fourth-order valence-electron chi connectivity index (χ4n) is 2.67. The number of carbonyl (C=O) groups excluding carboxylic acids is 1. The molecule has 0 radical (unpaired) electrons. The van der Waals surface area contributed by atoms with Crippen LogP contribution in [0.25, 0.3) is 0 Å². The Hall–Kier alpha value is -0.880. The summed E-state index contributed by atoms with van der Waals surface area (Å²) in [4.78, 5) is 14.3. The van der Waals surface area contributed by atoms with Crippen molar-refractivity contribution in [2.24, 2.45) is 5.92 Å². The van der Waals surface area contributed by atoms with Crippen molar-refractivity contribution in [3.05, 3.63) is 17.5 Å². The normalized spacial score (nSPS) is 20.6. The van der Waals surface area contributed by atoms with Gasteiger partial charge in [0.25, 0.3) is 0 Å². The van der Waals surface area contributed by atoms with Crippen LogP contribution in [0.4, 0.5) is 0 Å². The smallest absolute Gasteiger partial charge is 0.238 e. The third-order valence-electron chi connectivity index (χ3n) is 4.09. The molecule has 2 fully saturated rings. The van der Waals surface area contributed by atoms with Gasteiger partial charge in [-0.1, -0.05) is 6.07 Å². The molecule has 0 bridgehead atoms. The largest absolute Gasteiger partial charge is 0.336 e. The number of nitrogens with zero attached hydrogens (tertiary/aromatic N) is 1. The van der Waals surface area contributed by atoms with Crippen molar-refractivity contribution in [2.75, 3.05) is 5.75 Å². The van der Waals surface area contributed by atoms with Gasteiger partial charge >= 0.3 is 0 Å². The zero-order chi connectivity index (χ0) is 14.3. The summed E-state index contributed by atoms with van der Waals surface area (Å²) in [5, 5.41) is 1.73. The highest BCUT2D eigenvalue weighted by Gasteiger charge is 2.42. The van der Waals surface area contributed by atoms with E-state index in [4.69, 9.17) is 0 Å². The minimum absolute atomic E-state index is 0.188. The van der Waals surface area contributed by atoms with Crippen LogP contribution in [0, 0.1) is 5.92 Å². The number of hydrogen-bond acceptors (Lipinski definition) is 4. The maximum absolute atomic E-state index is 12.5. The van der Waals surface area contributed by atoms with Crippen molar-refractivity contribution in [2.45, 2.75) is 48.9 Å². The number of thiophene rings is 1. The molecular weight excluding hydrogens is 294 g/mol. The molecule has 0 aromatic carbocycles. The Labute approximate surface area is 123 Å². The van der Waals surface area contributed by atoms with E-state index >= 15 is 0 Å². The highest BCUT2D eigenvalue weighted by molar-refractivity contribution is 7.94. The average molecular weight is 313 g/mol. The molecule has 110 valence electrons. The summed E-state index contributed by atoms with van der Waals surface area (Å²) in [6.45, 7) is 2.06. The van der Waals surface area contributed by atoms with Gasteiger partial charge in [0.05, 0.1) is 0 Å². The summed E-state index contributed by atoms with van der Waals surface area (Å²) in [7, 11) is -3.48. The predicted molar refractivity (Wildman–Crippen MR) is 78.4 cm³/mol. The van der Waals surface area contributed by atoms with E-state index < -0.39 is 9.84 Å². The van der Waals surface area contributed by atoms with Gasteiger partial charge in [-0.2, -0.15) is 0 Å². The van der Waals surface area contributed by atoms with Gasteiger partial charge in [0, 0.05) is 12.1 Å². The van der Waals surface area contributed by atoms with E-state index in [-0.39, 0.29) is 23.7 Å². The van der Waals surface area contributed by atoms with Crippen LogP contribution in [-0.4, -0.2) is 37.1 Å². The SMILES string of the molecule is CC(C1CC1)N(C(=O)CS(=O)(=O)c1cccs1)C1CC1. The Morgan fingerprint density at radius 2 is 2.10 bits per heavy atom. The summed E-state index contributed by atoms with van der Waals surface area (Å²) < 4.78 is 24.7. The molecule has 0 spiro atoms. The lowest BCUT2D eigenvalue weighted by Gasteiger charge is -2.29. The fraction of sp³-hybridized carbons (Fsp3) is 0.643. The summed E-state index contributed by atoms with van der Waals surface area (Å²) in [6.07, 6.45) is 4.36. The van der Waals surface area contributed by atoms with Gasteiger partial charge in [-0.3, -0.25) is 4.79 Å². The third kappa shape index (κ3) is 2.91. The molecule has 4 nitrogen and oxygen atoms in total. The van der Waals surface area contributed by atoms with Crippen LogP contribution in [-0.2, 0) is 14.6 Å². The first-order valence-electron chi connectivity index (χ1n) is 7.06. The van der Waals surface area contributed by atoms with Crippen LogP contribution in [0.5, 0.6) is 0 Å². The third-order valence-corrected chi connectivity index (χ3v) is 7.17. The molecule has 0 aliphatic heterocycles. The molecule has 1 amide bonds. The summed E-state index contributed by atoms with van der Waals surface area (Å²) in [5.74, 6) is -0.0366. The van der Waals surface area contributed by atoms with Gasteiger partial charge in [0.2, 0.25) is 5.91 Å². The highest BCUT2D eigenvalue weighted by Crippen LogP contribution is 2.40. The zero-order valence-electron chi connectivity index (χ0n) is 11.5. The molecule has 2 aliphatic carbocycles. The number of sulfone groups is 1. The monoisotopic (exact) mass is 313 g/mol. The first kappa shape index (κ1) is 14.1. The van der Waals surface area contributed by atoms with E-state index in [1.165, 1.54) is 11.3 Å². The Morgan fingerprint density at radius 1 is 1.40 bits per heavy atom. The number of hydrogen-bond donors (Lipinski definition) is 0. The molecule has 1 atom stereocenters. The van der Waals surface area contributed by atoms with Crippen LogP contribution >= 0.6 is 11.3 Å². The standard InChI is InChI=1S/C14H19NO3S2/c1-10(11-4-5-11)15(12-6-7-12)13(16)9-20(17,18)14-3-2-8-19-14/h2-3,8,10-12H,4-7,9H2,1H3. The molecule has 1 aromatic heterocycles. The molecular formula is C14H19NO3S2. The molecule has 3 rings (SSSR count). The fourth-order valence-corrected chi connectivity index (χ4v) is 4.95. The van der Waals surface area contributed by atoms with Crippen molar-refractivity contribution in [1.82, 2.24) is 4.90 Å². The van der Waals surface area contributed by atoms with Crippen molar-refractivity contribution in [1.29, 1.82) is 0 Å². The van der Waals surface area contributed by atoms with Crippen LogP contribution in [0.2, 0.25) is 0 Å². The Morgan fingerprint density at radius 3 is 2.60 bits per heavy atom. The van der Waals surface area contributed by atoms with E-state index in [0.29, 0.717) is 10.1 Å². The van der Waals surface area contributed by atoms with Crippen molar-refractivity contribution < 1.29 is 13.2 Å². The average Bonchev–Trinajstić information content (AvgIpc) is 3.29. The summed E-state index contributed by atoms with van der Waals surface area (Å²) in [6, 6.07) is 3.73. The van der Waals surface area contributed by atoms with E-state index in [0.717, 1.165) is 25.7 Å². The van der Waals surface area contributed by atoms with Crippen LogP contribution in [0.3, 0.4) is 0 Å². The predicted octanol–water partition coefficient (Wildman–Crippen LogP) is 2.31. The van der Waals surface area contributed by atoms with Gasteiger partial charge in [-0.25, -0.2) is 8.42 Å². The van der Waals surface area contributed by atoms with Gasteiger partial charge < -0.3 is 4.90 Å². The number of rotatable bonds is 6. The van der Waals surface area contributed by atoms with Crippen molar-refractivity contribution in [3.63, 3.8) is 0 Å². The second kappa shape index (κ2) is 5.15. The van der Waals surface area contributed by atoms with Gasteiger partial charge in [0.15, 0.2) is 9.84 Å². The zero-order valence-corrected chi connectivity index (χ0v) is 13.1. The molecule has 1 unspecified atom stereocenters. The molecule has 6 heteroatoms. The quantitative estimate of drug-likeness (QED) is 0.810. The molecule has 0 N–H and O–H groups in total. The molecule has 2 saturated carbocycles. The maximum Gasteiger partial charge on any atom is 0.238 e. The minimum atomic E-state index is -3.48. The van der Waals surface area contributed by atoms with Crippen molar-refractivity contribution in [3.8, 4) is 0 Å². The lowest BCUT2D eigenvalue weighted by molar-refractivity contribution is -0.131. The van der Waals surface area contributed by atoms with Crippen LogP contribution in [0.15, 0.2) is 21.7 Å². The second-order valence-corrected chi connectivity index (χ2v) is 8.97. The van der Waals surface area contributed by atoms with E-state index in [9.17, 15) is 13.2 Å². The second-order valence-electron chi connectivity index (χ2n) is 5.80. The summed E-state index contributed by atoms with van der Waals surface area (Å²) >= 11 is 1.18. The Bertz CT molecular complexity index is 586. The molecule has 2 aliphatic rings. The van der Waals surface area contributed by atoms with Crippen molar-refractivity contribution >= 4 is 27.1 Å². The Balaban J connectivity index is 1.73. The van der Waals surface area contributed by atoms with Gasteiger partial charge in [-0.05, 0) is 50.0 Å². The number of carbonyl (C=O) groups is 1. The highest BCUT2D eigenvalue weighted by atomic mass is 32.2. The topological polar surface area (TPSA) is 54.5 Å². The molecule has 1 aromatic rings. The molecule has 1 heterocycles.